The van der Waals surface area contributed by atoms with E-state index in [1.165, 1.54) is 17.5 Å². The van der Waals surface area contributed by atoms with Crippen LogP contribution in [0, 0.1) is 0 Å². The molecule has 0 fully saturated rings. The normalized spacial score (nSPS) is 14.0. The molecule has 0 bridgehead atoms. The minimum absolute atomic E-state index is 0.000518. The van der Waals surface area contributed by atoms with Crippen molar-refractivity contribution in [3.8, 4) is 17.0 Å². The second-order valence-corrected chi connectivity index (χ2v) is 7.15. The molecule has 7 heteroatoms. The van der Waals surface area contributed by atoms with Crippen LogP contribution >= 0.6 is 11.6 Å². The molecule has 1 aliphatic rings. The molecule has 0 unspecified atom stereocenters. The molecule has 2 aromatic heterocycles. The number of halogens is 1. The predicted molar refractivity (Wildman–Crippen MR) is 105 cm³/mol. The lowest BCUT2D eigenvalue weighted by molar-refractivity contribution is 0.475. The van der Waals surface area contributed by atoms with E-state index in [9.17, 15) is 5.11 Å². The average molecular weight is 378 g/mol. The lowest BCUT2D eigenvalue weighted by Gasteiger charge is -2.10. The molecule has 0 aliphatic heterocycles. The Labute approximate surface area is 160 Å². The Morgan fingerprint density at radius 1 is 1.07 bits per heavy atom. The van der Waals surface area contributed by atoms with E-state index >= 15 is 0 Å². The van der Waals surface area contributed by atoms with E-state index in [0.29, 0.717) is 22.5 Å². The van der Waals surface area contributed by atoms with Gasteiger partial charge in [0.1, 0.15) is 23.6 Å². The van der Waals surface area contributed by atoms with Crippen LogP contribution in [-0.4, -0.2) is 24.9 Å². The average Bonchev–Trinajstić information content (AvgIpc) is 3.26. The van der Waals surface area contributed by atoms with Crippen molar-refractivity contribution >= 4 is 28.5 Å². The highest BCUT2D eigenvalue weighted by atomic mass is 35.5. The minimum atomic E-state index is 0.000518. The first-order valence-electron chi connectivity index (χ1n) is 8.66. The zero-order valence-corrected chi connectivity index (χ0v) is 15.1. The van der Waals surface area contributed by atoms with Gasteiger partial charge in [-0.1, -0.05) is 41.9 Å². The molecule has 0 radical (unpaired) electrons. The van der Waals surface area contributed by atoms with Gasteiger partial charge in [-0.05, 0) is 36.1 Å². The number of hydrogen-bond acceptors (Lipinski definition) is 5. The SMILES string of the molecule is Nc1ncnc2c1c(-c1ccc(Cl)c(O)c1)nn2C1Cc2ccccc2C1. The summed E-state index contributed by atoms with van der Waals surface area (Å²) in [5, 5.41) is 15.8. The molecule has 6 nitrogen and oxygen atoms in total. The van der Waals surface area contributed by atoms with E-state index in [0.717, 1.165) is 18.4 Å². The fourth-order valence-corrected chi connectivity index (χ4v) is 3.94. The standard InChI is InChI=1S/C20H16ClN5O/c21-15-6-5-13(9-16(15)27)18-17-19(22)23-10-24-20(17)26(25-18)14-7-11-3-1-2-4-12(11)8-14/h1-6,9-10,14,27H,7-8H2,(H2,22,23,24). The second-order valence-electron chi connectivity index (χ2n) is 6.75. The van der Waals surface area contributed by atoms with E-state index in [1.54, 1.807) is 12.1 Å². The monoisotopic (exact) mass is 377 g/mol. The van der Waals surface area contributed by atoms with Crippen LogP contribution in [0.2, 0.25) is 5.02 Å². The molecule has 2 heterocycles. The van der Waals surface area contributed by atoms with E-state index in [-0.39, 0.29) is 16.8 Å². The Bertz CT molecular complexity index is 1160. The lowest BCUT2D eigenvalue weighted by atomic mass is 10.1. The third kappa shape index (κ3) is 2.52. The fourth-order valence-electron chi connectivity index (χ4n) is 3.82. The first-order chi connectivity index (χ1) is 13.1. The molecule has 3 N–H and O–H groups in total. The summed E-state index contributed by atoms with van der Waals surface area (Å²) in [7, 11) is 0. The number of benzene rings is 2. The van der Waals surface area contributed by atoms with Crippen LogP contribution in [-0.2, 0) is 12.8 Å². The maximum atomic E-state index is 10.0. The quantitative estimate of drug-likeness (QED) is 0.555. The summed E-state index contributed by atoms with van der Waals surface area (Å²) in [5.74, 6) is 0.367. The summed E-state index contributed by atoms with van der Waals surface area (Å²) in [5.41, 5.74) is 10.9. The van der Waals surface area contributed by atoms with Crippen molar-refractivity contribution < 1.29 is 5.11 Å². The van der Waals surface area contributed by atoms with Gasteiger partial charge in [0.25, 0.3) is 0 Å². The summed E-state index contributed by atoms with van der Waals surface area (Å²) in [6, 6.07) is 13.6. The highest BCUT2D eigenvalue weighted by Gasteiger charge is 2.27. The van der Waals surface area contributed by atoms with Crippen LogP contribution in [0.15, 0.2) is 48.8 Å². The fraction of sp³-hybridized carbons (Fsp3) is 0.150. The number of hydrogen-bond donors (Lipinski definition) is 2. The molecule has 0 atom stereocenters. The summed E-state index contributed by atoms with van der Waals surface area (Å²) < 4.78 is 1.94. The number of nitrogen functional groups attached to an aromatic ring is 1. The Kier molecular flexibility index (Phi) is 3.55. The van der Waals surface area contributed by atoms with Gasteiger partial charge in [-0.25, -0.2) is 14.6 Å². The van der Waals surface area contributed by atoms with Crippen LogP contribution in [0.1, 0.15) is 17.2 Å². The number of fused-ring (bicyclic) bond motifs is 2. The topological polar surface area (TPSA) is 89.8 Å². The number of aromatic nitrogens is 4. The van der Waals surface area contributed by atoms with E-state index in [4.69, 9.17) is 22.4 Å². The first kappa shape index (κ1) is 16.1. The smallest absolute Gasteiger partial charge is 0.164 e. The largest absolute Gasteiger partial charge is 0.506 e. The van der Waals surface area contributed by atoms with Crippen LogP contribution in [0.5, 0.6) is 5.75 Å². The first-order valence-corrected chi connectivity index (χ1v) is 9.04. The Balaban J connectivity index is 1.69. The Morgan fingerprint density at radius 2 is 1.81 bits per heavy atom. The maximum Gasteiger partial charge on any atom is 0.164 e. The minimum Gasteiger partial charge on any atom is -0.506 e. The summed E-state index contributed by atoms with van der Waals surface area (Å²) in [4.78, 5) is 8.59. The molecule has 27 heavy (non-hydrogen) atoms. The zero-order valence-electron chi connectivity index (χ0n) is 14.3. The van der Waals surface area contributed by atoms with Crippen molar-refractivity contribution in [3.05, 3.63) is 64.9 Å². The number of aromatic hydroxyl groups is 1. The molecule has 0 saturated carbocycles. The van der Waals surface area contributed by atoms with Crippen molar-refractivity contribution in [1.82, 2.24) is 19.7 Å². The number of anilines is 1. The van der Waals surface area contributed by atoms with Crippen molar-refractivity contribution in [3.63, 3.8) is 0 Å². The lowest BCUT2D eigenvalue weighted by Crippen LogP contribution is -2.11. The molecular formula is C20H16ClN5O. The van der Waals surface area contributed by atoms with Crippen LogP contribution in [0.3, 0.4) is 0 Å². The number of rotatable bonds is 2. The number of nitrogens with two attached hydrogens (primary N) is 1. The molecule has 0 spiro atoms. The molecule has 0 saturated heterocycles. The van der Waals surface area contributed by atoms with Crippen molar-refractivity contribution in [2.75, 3.05) is 5.73 Å². The van der Waals surface area contributed by atoms with Gasteiger partial charge in [-0.3, -0.25) is 0 Å². The number of nitrogens with zero attached hydrogens (tertiary/aromatic N) is 4. The predicted octanol–water partition coefficient (Wildman–Crippen LogP) is 3.77. The van der Waals surface area contributed by atoms with Gasteiger partial charge in [0, 0.05) is 5.56 Å². The Morgan fingerprint density at radius 3 is 2.52 bits per heavy atom. The summed E-state index contributed by atoms with van der Waals surface area (Å²) >= 11 is 5.95. The molecule has 1 aliphatic carbocycles. The molecular weight excluding hydrogens is 362 g/mol. The molecule has 5 rings (SSSR count). The van der Waals surface area contributed by atoms with Gasteiger partial charge >= 0.3 is 0 Å². The van der Waals surface area contributed by atoms with Gasteiger partial charge in [0.15, 0.2) is 5.65 Å². The third-order valence-electron chi connectivity index (χ3n) is 5.11. The van der Waals surface area contributed by atoms with Gasteiger partial charge in [-0.2, -0.15) is 5.10 Å². The van der Waals surface area contributed by atoms with Gasteiger partial charge in [-0.15, -0.1) is 0 Å². The number of phenolic OH excluding ortho intramolecular Hbond substituents is 1. The van der Waals surface area contributed by atoms with Crippen LogP contribution in [0.25, 0.3) is 22.3 Å². The van der Waals surface area contributed by atoms with Gasteiger partial charge in [0.2, 0.25) is 0 Å². The molecule has 134 valence electrons. The van der Waals surface area contributed by atoms with Gasteiger partial charge in [0.05, 0.1) is 16.5 Å². The third-order valence-corrected chi connectivity index (χ3v) is 5.43. The zero-order chi connectivity index (χ0) is 18.5. The van der Waals surface area contributed by atoms with Crippen molar-refractivity contribution in [2.45, 2.75) is 18.9 Å². The molecule has 4 aromatic rings. The highest BCUT2D eigenvalue weighted by Crippen LogP contribution is 2.37. The second kappa shape index (κ2) is 5.96. The van der Waals surface area contributed by atoms with E-state index < -0.39 is 0 Å². The summed E-state index contributed by atoms with van der Waals surface area (Å²) in [6.07, 6.45) is 3.24. The van der Waals surface area contributed by atoms with E-state index in [1.807, 2.05) is 10.7 Å². The molecule has 2 aromatic carbocycles. The Hall–Kier alpha value is -3.12. The van der Waals surface area contributed by atoms with Crippen LogP contribution < -0.4 is 5.73 Å². The van der Waals surface area contributed by atoms with Crippen LogP contribution in [0.4, 0.5) is 5.82 Å². The van der Waals surface area contributed by atoms with Crippen molar-refractivity contribution in [1.29, 1.82) is 0 Å². The molecule has 0 amide bonds. The summed E-state index contributed by atoms with van der Waals surface area (Å²) in [6.45, 7) is 0. The van der Waals surface area contributed by atoms with Gasteiger partial charge < -0.3 is 10.8 Å². The van der Waals surface area contributed by atoms with Crippen molar-refractivity contribution in [2.24, 2.45) is 0 Å². The van der Waals surface area contributed by atoms with E-state index in [2.05, 4.69) is 34.2 Å². The highest BCUT2D eigenvalue weighted by molar-refractivity contribution is 6.32. The maximum absolute atomic E-state index is 10.0. The number of phenols is 1.